The van der Waals surface area contributed by atoms with Gasteiger partial charge < -0.3 is 15.8 Å². The van der Waals surface area contributed by atoms with Gasteiger partial charge in [0.2, 0.25) is 0 Å². The van der Waals surface area contributed by atoms with Gasteiger partial charge in [-0.05, 0) is 42.4 Å². The van der Waals surface area contributed by atoms with Crippen molar-refractivity contribution in [2.75, 3.05) is 5.73 Å². The number of nitrogen functional groups attached to an aromatic ring is 1. The number of aromatic nitrogens is 3. The summed E-state index contributed by atoms with van der Waals surface area (Å²) in [6.07, 6.45) is 1.43. The third kappa shape index (κ3) is 2.55. The van der Waals surface area contributed by atoms with Crippen LogP contribution in [0.2, 0.25) is 0 Å². The maximum absolute atomic E-state index is 11.1. The highest BCUT2D eigenvalue weighted by atomic mass is 32.2. The Labute approximate surface area is 124 Å². The van der Waals surface area contributed by atoms with Gasteiger partial charge in [-0.25, -0.2) is 14.8 Å². The third-order valence-corrected chi connectivity index (χ3v) is 3.90. The van der Waals surface area contributed by atoms with Gasteiger partial charge in [-0.1, -0.05) is 6.07 Å². The summed E-state index contributed by atoms with van der Waals surface area (Å²) >= 11 is 1.21. The molecule has 6 nitrogen and oxygen atoms in total. The molecular formula is C14H12N4O2S. The number of aryl methyl sites for hydroxylation is 1. The highest BCUT2D eigenvalue weighted by Gasteiger charge is 2.14. The minimum atomic E-state index is -1.07. The van der Waals surface area contributed by atoms with Crippen LogP contribution in [0.15, 0.2) is 40.6 Å². The van der Waals surface area contributed by atoms with E-state index in [1.54, 1.807) is 0 Å². The van der Waals surface area contributed by atoms with Crippen LogP contribution in [0.3, 0.4) is 0 Å². The smallest absolute Gasteiger partial charge is 0.337 e. The number of carboxylic acid groups (broad SMARTS) is 1. The number of aromatic carboxylic acids is 1. The molecule has 2 aromatic heterocycles. The molecule has 0 bridgehead atoms. The lowest BCUT2D eigenvalue weighted by molar-refractivity contribution is 0.0697. The van der Waals surface area contributed by atoms with Gasteiger partial charge in [-0.2, -0.15) is 0 Å². The Bertz CT molecular complexity index is 844. The van der Waals surface area contributed by atoms with Crippen molar-refractivity contribution in [1.82, 2.24) is 15.0 Å². The van der Waals surface area contributed by atoms with Crippen molar-refractivity contribution < 1.29 is 9.90 Å². The van der Waals surface area contributed by atoms with Gasteiger partial charge >= 0.3 is 5.97 Å². The molecule has 0 spiro atoms. The normalized spacial score (nSPS) is 10.9. The summed E-state index contributed by atoms with van der Waals surface area (Å²) in [5.74, 6) is -1.07. The summed E-state index contributed by atoms with van der Waals surface area (Å²) in [4.78, 5) is 22.8. The van der Waals surface area contributed by atoms with Crippen LogP contribution in [0.1, 0.15) is 15.9 Å². The van der Waals surface area contributed by atoms with Crippen LogP contribution in [0, 0.1) is 6.92 Å². The van der Waals surface area contributed by atoms with Crippen LogP contribution in [0.5, 0.6) is 0 Å². The van der Waals surface area contributed by atoms with Crippen molar-refractivity contribution in [3.8, 4) is 0 Å². The Balaban J connectivity index is 1.98. The van der Waals surface area contributed by atoms with E-state index in [0.29, 0.717) is 10.2 Å². The lowest BCUT2D eigenvalue weighted by atomic mass is 10.2. The van der Waals surface area contributed by atoms with Crippen molar-refractivity contribution in [3.63, 3.8) is 0 Å². The summed E-state index contributed by atoms with van der Waals surface area (Å²) < 4.78 is 0. The van der Waals surface area contributed by atoms with Gasteiger partial charge in [-0.15, -0.1) is 0 Å². The number of fused-ring (bicyclic) bond motifs is 1. The molecule has 0 unspecified atom stereocenters. The number of anilines is 1. The van der Waals surface area contributed by atoms with Crippen LogP contribution < -0.4 is 5.73 Å². The lowest BCUT2D eigenvalue weighted by Gasteiger charge is -2.04. The number of aromatic amines is 1. The molecule has 3 rings (SSSR count). The molecule has 0 aliphatic carbocycles. The van der Waals surface area contributed by atoms with E-state index in [9.17, 15) is 4.79 Å². The zero-order valence-corrected chi connectivity index (χ0v) is 11.9. The predicted molar refractivity (Wildman–Crippen MR) is 80.6 cm³/mol. The van der Waals surface area contributed by atoms with Crippen molar-refractivity contribution in [2.24, 2.45) is 0 Å². The van der Waals surface area contributed by atoms with Gasteiger partial charge in [-0.3, -0.25) is 0 Å². The number of rotatable bonds is 3. The molecule has 0 atom stereocenters. The molecule has 3 aromatic rings. The topological polar surface area (TPSA) is 105 Å². The van der Waals surface area contributed by atoms with E-state index in [4.69, 9.17) is 10.8 Å². The van der Waals surface area contributed by atoms with Crippen LogP contribution in [0.4, 0.5) is 5.69 Å². The van der Waals surface area contributed by atoms with Gasteiger partial charge in [0.15, 0.2) is 5.16 Å². The fraction of sp³-hybridized carbons (Fsp3) is 0.0714. The molecule has 2 heterocycles. The number of nitrogens with one attached hydrogen (secondary N) is 1. The average Bonchev–Trinajstić information content (AvgIpc) is 2.82. The number of carbonyl (C=O) groups is 1. The zero-order chi connectivity index (χ0) is 15.0. The van der Waals surface area contributed by atoms with Crippen molar-refractivity contribution in [1.29, 1.82) is 0 Å². The highest BCUT2D eigenvalue weighted by Crippen LogP contribution is 2.31. The molecule has 21 heavy (non-hydrogen) atoms. The maximum Gasteiger partial charge on any atom is 0.337 e. The number of nitrogens with two attached hydrogens (primary N) is 1. The average molecular weight is 300 g/mol. The highest BCUT2D eigenvalue weighted by molar-refractivity contribution is 7.99. The summed E-state index contributed by atoms with van der Waals surface area (Å²) in [7, 11) is 0. The van der Waals surface area contributed by atoms with Crippen molar-refractivity contribution >= 4 is 34.5 Å². The first-order valence-corrected chi connectivity index (χ1v) is 6.98. The zero-order valence-electron chi connectivity index (χ0n) is 11.1. The number of benzene rings is 1. The molecular weight excluding hydrogens is 288 g/mol. The first kappa shape index (κ1) is 13.4. The predicted octanol–water partition coefficient (Wildman–Crippen LogP) is 2.70. The largest absolute Gasteiger partial charge is 0.478 e. The Morgan fingerprint density at radius 3 is 2.95 bits per heavy atom. The minimum Gasteiger partial charge on any atom is -0.478 e. The number of pyridine rings is 1. The number of hydrogen-bond donors (Lipinski definition) is 3. The Morgan fingerprint density at radius 2 is 2.19 bits per heavy atom. The minimum absolute atomic E-state index is 0.0412. The first-order chi connectivity index (χ1) is 10.0. The molecule has 7 heteroatoms. The van der Waals surface area contributed by atoms with E-state index in [-0.39, 0.29) is 11.3 Å². The first-order valence-electron chi connectivity index (χ1n) is 6.16. The number of hydrogen-bond acceptors (Lipinski definition) is 5. The van der Waals surface area contributed by atoms with Crippen LogP contribution in [0.25, 0.3) is 11.0 Å². The van der Waals surface area contributed by atoms with E-state index < -0.39 is 5.97 Å². The standard InChI is InChI=1S/C14H12N4O2S/c1-7-2-3-9-10(6-7)18-14(17-9)21-12-11(15)8(13(19)20)4-5-16-12/h2-6H,15H2,1H3,(H,17,18)(H,19,20). The quantitative estimate of drug-likeness (QED) is 0.687. The molecule has 0 radical (unpaired) electrons. The van der Waals surface area contributed by atoms with Gasteiger partial charge in [0.05, 0.1) is 22.3 Å². The fourth-order valence-corrected chi connectivity index (χ4v) is 2.78. The lowest BCUT2D eigenvalue weighted by Crippen LogP contribution is -2.04. The Morgan fingerprint density at radius 1 is 1.38 bits per heavy atom. The summed E-state index contributed by atoms with van der Waals surface area (Å²) in [6.45, 7) is 2.00. The Kier molecular flexibility index (Phi) is 3.26. The second-order valence-electron chi connectivity index (χ2n) is 4.55. The van der Waals surface area contributed by atoms with E-state index in [2.05, 4.69) is 15.0 Å². The summed E-state index contributed by atoms with van der Waals surface area (Å²) in [6, 6.07) is 7.28. The molecule has 0 aliphatic heterocycles. The fourth-order valence-electron chi connectivity index (χ4n) is 1.96. The van der Waals surface area contributed by atoms with Crippen LogP contribution in [-0.4, -0.2) is 26.0 Å². The molecule has 0 aliphatic rings. The van der Waals surface area contributed by atoms with Crippen molar-refractivity contribution in [3.05, 3.63) is 41.6 Å². The Hall–Kier alpha value is -2.54. The molecule has 0 fully saturated rings. The second-order valence-corrected chi connectivity index (χ2v) is 5.52. The summed E-state index contributed by atoms with van der Waals surface area (Å²) in [5.41, 5.74) is 8.93. The maximum atomic E-state index is 11.1. The van der Waals surface area contributed by atoms with Crippen molar-refractivity contribution in [2.45, 2.75) is 17.1 Å². The summed E-state index contributed by atoms with van der Waals surface area (Å²) in [5, 5.41) is 10.1. The van der Waals surface area contributed by atoms with E-state index in [1.165, 1.54) is 24.0 Å². The van der Waals surface area contributed by atoms with Crippen LogP contribution >= 0.6 is 11.8 Å². The van der Waals surface area contributed by atoms with E-state index in [1.807, 2.05) is 25.1 Å². The molecule has 0 saturated heterocycles. The van der Waals surface area contributed by atoms with Crippen LogP contribution in [-0.2, 0) is 0 Å². The molecule has 4 N–H and O–H groups in total. The van der Waals surface area contributed by atoms with Gasteiger partial charge in [0.1, 0.15) is 5.03 Å². The molecule has 1 aromatic carbocycles. The number of carboxylic acids is 1. The number of imidazole rings is 1. The van der Waals surface area contributed by atoms with Gasteiger partial charge in [0.25, 0.3) is 0 Å². The molecule has 106 valence electrons. The molecule has 0 amide bonds. The SMILES string of the molecule is Cc1ccc2nc(Sc3nccc(C(=O)O)c3N)[nH]c2c1. The monoisotopic (exact) mass is 300 g/mol. The van der Waals surface area contributed by atoms with Gasteiger partial charge in [0, 0.05) is 6.20 Å². The number of H-pyrrole nitrogens is 1. The molecule has 0 saturated carbocycles. The third-order valence-electron chi connectivity index (χ3n) is 2.99. The van der Waals surface area contributed by atoms with E-state index in [0.717, 1.165) is 16.6 Å². The number of nitrogens with zero attached hydrogens (tertiary/aromatic N) is 2. The van der Waals surface area contributed by atoms with E-state index >= 15 is 0 Å². The second kappa shape index (κ2) is 5.10.